The molecular formula is C18H30N2O. The van der Waals surface area contributed by atoms with Crippen molar-refractivity contribution in [2.24, 2.45) is 0 Å². The molecule has 1 aliphatic heterocycles. The number of ether oxygens (including phenoxy) is 1. The second-order valence-electron chi connectivity index (χ2n) is 6.40. The lowest BCUT2D eigenvalue weighted by atomic mass is 9.99. The third kappa shape index (κ3) is 5.10. The number of morpholine rings is 1. The van der Waals surface area contributed by atoms with Crippen molar-refractivity contribution in [2.75, 3.05) is 26.2 Å². The maximum atomic E-state index is 5.79. The highest BCUT2D eigenvalue weighted by atomic mass is 16.5. The summed E-state index contributed by atoms with van der Waals surface area (Å²) in [6, 6.07) is 9.13. The standard InChI is InChI=1S/C18H30N2O/c1-5-19-10-14(2)18-8-6-17(7-9-18)13-20-11-15(3)21-16(4)12-20/h6-9,14-16,19H,5,10-13H2,1-4H3. The van der Waals surface area contributed by atoms with Crippen LogP contribution in [0.5, 0.6) is 0 Å². The van der Waals surface area contributed by atoms with E-state index in [1.165, 1.54) is 11.1 Å². The highest BCUT2D eigenvalue weighted by Crippen LogP contribution is 2.18. The summed E-state index contributed by atoms with van der Waals surface area (Å²) in [5.74, 6) is 0.572. The largest absolute Gasteiger partial charge is 0.373 e. The molecule has 3 nitrogen and oxygen atoms in total. The number of hydrogen-bond acceptors (Lipinski definition) is 3. The molecule has 1 aromatic carbocycles. The quantitative estimate of drug-likeness (QED) is 0.871. The van der Waals surface area contributed by atoms with Crippen LogP contribution in [0.4, 0.5) is 0 Å². The zero-order valence-corrected chi connectivity index (χ0v) is 13.9. The Balaban J connectivity index is 1.90. The predicted octanol–water partition coefficient (Wildman–Crippen LogP) is 3.01. The Morgan fingerprint density at radius 2 is 1.81 bits per heavy atom. The zero-order chi connectivity index (χ0) is 15.2. The van der Waals surface area contributed by atoms with Crippen LogP contribution in [0, 0.1) is 0 Å². The van der Waals surface area contributed by atoms with Crippen LogP contribution < -0.4 is 5.32 Å². The molecule has 0 amide bonds. The minimum Gasteiger partial charge on any atom is -0.373 e. The van der Waals surface area contributed by atoms with Crippen LogP contribution >= 0.6 is 0 Å². The minimum atomic E-state index is 0.341. The Hall–Kier alpha value is -0.900. The number of rotatable bonds is 6. The Bertz CT molecular complexity index is 408. The van der Waals surface area contributed by atoms with E-state index in [0.29, 0.717) is 18.1 Å². The van der Waals surface area contributed by atoms with Crippen LogP contribution in [0.15, 0.2) is 24.3 Å². The summed E-state index contributed by atoms with van der Waals surface area (Å²) in [5.41, 5.74) is 2.82. The summed E-state index contributed by atoms with van der Waals surface area (Å²) in [6.07, 6.45) is 0.682. The Labute approximate surface area is 129 Å². The number of likely N-dealkylation sites (N-methyl/N-ethyl adjacent to an activating group) is 1. The molecule has 0 saturated carbocycles. The van der Waals surface area contributed by atoms with Gasteiger partial charge in [0, 0.05) is 26.2 Å². The van der Waals surface area contributed by atoms with Crippen molar-refractivity contribution < 1.29 is 4.74 Å². The van der Waals surface area contributed by atoms with E-state index in [0.717, 1.165) is 32.7 Å². The Morgan fingerprint density at radius 1 is 1.19 bits per heavy atom. The fourth-order valence-corrected chi connectivity index (χ4v) is 3.10. The topological polar surface area (TPSA) is 24.5 Å². The lowest BCUT2D eigenvalue weighted by Gasteiger charge is -2.35. The van der Waals surface area contributed by atoms with Crippen LogP contribution in [0.3, 0.4) is 0 Å². The second-order valence-corrected chi connectivity index (χ2v) is 6.40. The normalized spacial score (nSPS) is 25.0. The highest BCUT2D eigenvalue weighted by Gasteiger charge is 2.21. The third-order valence-corrected chi connectivity index (χ3v) is 4.15. The molecule has 2 rings (SSSR count). The minimum absolute atomic E-state index is 0.341. The molecule has 118 valence electrons. The van der Waals surface area contributed by atoms with Gasteiger partial charge in [0.2, 0.25) is 0 Å². The molecule has 0 aromatic heterocycles. The van der Waals surface area contributed by atoms with Gasteiger partial charge in [0.25, 0.3) is 0 Å². The zero-order valence-electron chi connectivity index (χ0n) is 13.9. The molecule has 21 heavy (non-hydrogen) atoms. The van der Waals surface area contributed by atoms with E-state index >= 15 is 0 Å². The Kier molecular flexibility index (Phi) is 6.22. The summed E-state index contributed by atoms with van der Waals surface area (Å²) in [4.78, 5) is 2.50. The van der Waals surface area contributed by atoms with E-state index in [4.69, 9.17) is 4.74 Å². The first-order chi connectivity index (χ1) is 10.1. The van der Waals surface area contributed by atoms with E-state index in [-0.39, 0.29) is 0 Å². The molecule has 3 unspecified atom stereocenters. The summed E-state index contributed by atoms with van der Waals surface area (Å²) in [5, 5.41) is 3.41. The maximum absolute atomic E-state index is 5.79. The molecular weight excluding hydrogens is 260 g/mol. The van der Waals surface area contributed by atoms with Gasteiger partial charge >= 0.3 is 0 Å². The van der Waals surface area contributed by atoms with Crippen molar-refractivity contribution in [3.8, 4) is 0 Å². The van der Waals surface area contributed by atoms with Crippen LogP contribution in [-0.4, -0.2) is 43.3 Å². The molecule has 0 bridgehead atoms. The van der Waals surface area contributed by atoms with Gasteiger partial charge in [-0.25, -0.2) is 0 Å². The van der Waals surface area contributed by atoms with Gasteiger partial charge in [-0.1, -0.05) is 38.1 Å². The molecule has 1 aromatic rings. The van der Waals surface area contributed by atoms with Crippen LogP contribution in [-0.2, 0) is 11.3 Å². The van der Waals surface area contributed by atoms with E-state index in [9.17, 15) is 0 Å². The lowest BCUT2D eigenvalue weighted by Crippen LogP contribution is -2.44. The van der Waals surface area contributed by atoms with Crippen LogP contribution in [0.25, 0.3) is 0 Å². The summed E-state index contributed by atoms with van der Waals surface area (Å²) in [7, 11) is 0. The SMILES string of the molecule is CCNCC(C)c1ccc(CN2CC(C)OC(C)C2)cc1. The van der Waals surface area contributed by atoms with Crippen molar-refractivity contribution in [2.45, 2.75) is 52.4 Å². The molecule has 1 N–H and O–H groups in total. The fourth-order valence-electron chi connectivity index (χ4n) is 3.10. The van der Waals surface area contributed by atoms with E-state index in [2.05, 4.69) is 62.2 Å². The van der Waals surface area contributed by atoms with E-state index < -0.39 is 0 Å². The first-order valence-corrected chi connectivity index (χ1v) is 8.25. The predicted molar refractivity (Wildman–Crippen MR) is 88.7 cm³/mol. The monoisotopic (exact) mass is 290 g/mol. The van der Waals surface area contributed by atoms with Gasteiger partial charge in [-0.2, -0.15) is 0 Å². The highest BCUT2D eigenvalue weighted by molar-refractivity contribution is 5.25. The van der Waals surface area contributed by atoms with Crippen molar-refractivity contribution in [3.63, 3.8) is 0 Å². The van der Waals surface area contributed by atoms with Gasteiger partial charge in [0.1, 0.15) is 0 Å². The Morgan fingerprint density at radius 3 is 2.38 bits per heavy atom. The molecule has 1 heterocycles. The third-order valence-electron chi connectivity index (χ3n) is 4.15. The molecule has 1 fully saturated rings. The molecule has 0 spiro atoms. The van der Waals surface area contributed by atoms with E-state index in [1.54, 1.807) is 0 Å². The fraction of sp³-hybridized carbons (Fsp3) is 0.667. The van der Waals surface area contributed by atoms with Crippen LogP contribution in [0.1, 0.15) is 44.7 Å². The molecule has 0 radical (unpaired) electrons. The van der Waals surface area contributed by atoms with Gasteiger partial charge in [-0.15, -0.1) is 0 Å². The summed E-state index contributed by atoms with van der Waals surface area (Å²) < 4.78 is 5.79. The number of hydrogen-bond donors (Lipinski definition) is 1. The average Bonchev–Trinajstić information content (AvgIpc) is 2.44. The molecule has 1 saturated heterocycles. The first-order valence-electron chi connectivity index (χ1n) is 8.25. The molecule has 0 aliphatic carbocycles. The van der Waals surface area contributed by atoms with Gasteiger partial charge in [-0.3, -0.25) is 4.90 Å². The number of benzene rings is 1. The molecule has 3 heteroatoms. The van der Waals surface area contributed by atoms with Crippen LogP contribution in [0.2, 0.25) is 0 Å². The van der Waals surface area contributed by atoms with Gasteiger partial charge in [0.05, 0.1) is 12.2 Å². The van der Waals surface area contributed by atoms with Crippen molar-refractivity contribution in [1.29, 1.82) is 0 Å². The van der Waals surface area contributed by atoms with Crippen molar-refractivity contribution in [1.82, 2.24) is 10.2 Å². The molecule has 1 aliphatic rings. The van der Waals surface area contributed by atoms with Gasteiger partial charge in [0.15, 0.2) is 0 Å². The summed E-state index contributed by atoms with van der Waals surface area (Å²) in [6.45, 7) is 13.9. The van der Waals surface area contributed by atoms with Crippen molar-refractivity contribution in [3.05, 3.63) is 35.4 Å². The van der Waals surface area contributed by atoms with Gasteiger partial charge < -0.3 is 10.1 Å². The summed E-state index contributed by atoms with van der Waals surface area (Å²) >= 11 is 0. The van der Waals surface area contributed by atoms with Gasteiger partial charge in [-0.05, 0) is 37.4 Å². The smallest absolute Gasteiger partial charge is 0.0678 e. The van der Waals surface area contributed by atoms with Crippen molar-refractivity contribution >= 4 is 0 Å². The lowest BCUT2D eigenvalue weighted by molar-refractivity contribution is -0.0704. The maximum Gasteiger partial charge on any atom is 0.0678 e. The molecule has 3 atom stereocenters. The average molecular weight is 290 g/mol. The second kappa shape index (κ2) is 7.92. The first kappa shape index (κ1) is 16.5. The number of nitrogens with zero attached hydrogens (tertiary/aromatic N) is 1. The van der Waals surface area contributed by atoms with E-state index in [1.807, 2.05) is 0 Å². The number of nitrogens with one attached hydrogen (secondary N) is 1.